The third-order valence-electron chi connectivity index (χ3n) is 13.5. The third-order valence-corrected chi connectivity index (χ3v) is 13.5. The molecule has 3 N–H and O–H groups in total. The summed E-state index contributed by atoms with van der Waals surface area (Å²) in [5.41, 5.74) is 0. The Morgan fingerprint density at radius 3 is 1.12 bits per heavy atom. The molecule has 0 aromatic rings. The number of allylic oxidation sites excluding steroid dienone is 4. The zero-order valence-electron chi connectivity index (χ0n) is 43.7. The Labute approximate surface area is 405 Å². The zero-order chi connectivity index (χ0) is 47.2. The van der Waals surface area contributed by atoms with E-state index in [1.165, 1.54) is 238 Å². The minimum atomic E-state index is -0.670. The maximum absolute atomic E-state index is 12.5. The zero-order valence-corrected chi connectivity index (χ0v) is 43.7. The van der Waals surface area contributed by atoms with Crippen molar-refractivity contribution in [3.8, 4) is 0 Å². The molecule has 2 atom stereocenters. The van der Waals surface area contributed by atoms with E-state index in [2.05, 4.69) is 43.5 Å². The number of hydrogen-bond donors (Lipinski definition) is 3. The summed E-state index contributed by atoms with van der Waals surface area (Å²) in [7, 11) is 0. The van der Waals surface area contributed by atoms with Gasteiger partial charge >= 0.3 is 5.97 Å². The van der Waals surface area contributed by atoms with Crippen molar-refractivity contribution in [2.45, 2.75) is 328 Å². The molecule has 0 aliphatic heterocycles. The van der Waals surface area contributed by atoms with Crippen LogP contribution in [0, 0.1) is 0 Å². The standard InChI is InChI=1S/C59H113NO5/c1-3-5-7-9-11-13-15-17-18-22-25-28-31-35-39-43-47-51-57(62)56(55-61)60-58(63)52-48-44-40-36-32-29-26-23-20-19-21-24-27-30-34-38-42-46-50-54-65-59(64)53-49-45-41-37-33-16-14-12-10-8-6-4-2/h12,14,19-20,56-57,61-62H,3-11,13,15-18,21-55H2,1-2H3,(H,60,63)/b14-12-,20-19-. The minimum absolute atomic E-state index is 0.00594. The fourth-order valence-corrected chi connectivity index (χ4v) is 8.98. The number of rotatable bonds is 54. The Bertz CT molecular complexity index is 1010. The highest BCUT2D eigenvalue weighted by Gasteiger charge is 2.20. The lowest BCUT2D eigenvalue weighted by molar-refractivity contribution is -0.143. The van der Waals surface area contributed by atoms with E-state index < -0.39 is 12.1 Å². The number of hydrogen-bond acceptors (Lipinski definition) is 5. The second-order valence-electron chi connectivity index (χ2n) is 20.0. The molecular formula is C59H113NO5. The predicted octanol–water partition coefficient (Wildman–Crippen LogP) is 17.9. The Morgan fingerprint density at radius 2 is 0.723 bits per heavy atom. The van der Waals surface area contributed by atoms with Gasteiger partial charge in [0.15, 0.2) is 0 Å². The van der Waals surface area contributed by atoms with Gasteiger partial charge in [-0.05, 0) is 77.0 Å². The molecule has 0 rings (SSSR count). The maximum atomic E-state index is 12.5. The van der Waals surface area contributed by atoms with Crippen LogP contribution in [0.25, 0.3) is 0 Å². The topological polar surface area (TPSA) is 95.9 Å². The van der Waals surface area contributed by atoms with E-state index in [9.17, 15) is 19.8 Å². The van der Waals surface area contributed by atoms with Crippen LogP contribution in [0.3, 0.4) is 0 Å². The second-order valence-corrected chi connectivity index (χ2v) is 20.0. The normalized spacial score (nSPS) is 12.7. The van der Waals surface area contributed by atoms with E-state index in [1.807, 2.05) is 0 Å². The summed E-state index contributed by atoms with van der Waals surface area (Å²) >= 11 is 0. The molecule has 0 aromatic heterocycles. The van der Waals surface area contributed by atoms with Crippen LogP contribution in [0.4, 0.5) is 0 Å². The monoisotopic (exact) mass is 916 g/mol. The molecule has 0 aromatic carbocycles. The molecule has 0 aliphatic rings. The van der Waals surface area contributed by atoms with Gasteiger partial charge in [-0.2, -0.15) is 0 Å². The van der Waals surface area contributed by atoms with Crippen LogP contribution in [0.2, 0.25) is 0 Å². The molecule has 0 fully saturated rings. The molecule has 0 saturated heterocycles. The highest BCUT2D eigenvalue weighted by atomic mass is 16.5. The number of aliphatic hydroxyl groups is 2. The average Bonchev–Trinajstić information content (AvgIpc) is 3.31. The van der Waals surface area contributed by atoms with Crippen molar-refractivity contribution >= 4 is 11.9 Å². The molecule has 65 heavy (non-hydrogen) atoms. The van der Waals surface area contributed by atoms with Gasteiger partial charge in [0, 0.05) is 12.8 Å². The van der Waals surface area contributed by atoms with Crippen molar-refractivity contribution in [1.82, 2.24) is 5.32 Å². The van der Waals surface area contributed by atoms with Crippen LogP contribution in [0.5, 0.6) is 0 Å². The Hall–Kier alpha value is -1.66. The van der Waals surface area contributed by atoms with Crippen LogP contribution < -0.4 is 5.32 Å². The summed E-state index contributed by atoms with van der Waals surface area (Å²) in [4.78, 5) is 24.5. The molecular weight excluding hydrogens is 803 g/mol. The minimum Gasteiger partial charge on any atom is -0.466 e. The first kappa shape index (κ1) is 63.3. The first-order valence-electron chi connectivity index (χ1n) is 29.1. The van der Waals surface area contributed by atoms with Crippen LogP contribution in [-0.4, -0.2) is 47.4 Å². The van der Waals surface area contributed by atoms with Gasteiger partial charge in [-0.25, -0.2) is 0 Å². The Morgan fingerprint density at radius 1 is 0.415 bits per heavy atom. The maximum Gasteiger partial charge on any atom is 0.305 e. The molecule has 0 aliphatic carbocycles. The Balaban J connectivity index is 3.45. The molecule has 6 heteroatoms. The number of unbranched alkanes of at least 4 members (excludes halogenated alkanes) is 39. The number of ether oxygens (including phenoxy) is 1. The van der Waals surface area contributed by atoms with Gasteiger partial charge in [0.25, 0.3) is 0 Å². The van der Waals surface area contributed by atoms with Crippen molar-refractivity contribution in [2.24, 2.45) is 0 Å². The summed E-state index contributed by atoms with van der Waals surface area (Å²) in [5, 5.41) is 23.3. The van der Waals surface area contributed by atoms with Crippen LogP contribution in [0.1, 0.15) is 316 Å². The lowest BCUT2D eigenvalue weighted by atomic mass is 10.0. The van der Waals surface area contributed by atoms with E-state index in [4.69, 9.17) is 4.74 Å². The number of aliphatic hydroxyl groups excluding tert-OH is 2. The SMILES string of the molecule is CCCCC/C=C\CCCCCCCC(=O)OCCCCCCCCCC/C=C\CCCCCCCCCC(=O)NC(CO)C(O)CCCCCCCCCCCCCCCCCCC. The molecule has 0 saturated carbocycles. The molecule has 0 heterocycles. The van der Waals surface area contributed by atoms with Crippen LogP contribution in [-0.2, 0) is 14.3 Å². The van der Waals surface area contributed by atoms with Crippen molar-refractivity contribution in [2.75, 3.05) is 13.2 Å². The summed E-state index contributed by atoms with van der Waals surface area (Å²) in [5.74, 6) is -0.0488. The quantitative estimate of drug-likeness (QED) is 0.0321. The van der Waals surface area contributed by atoms with Crippen molar-refractivity contribution < 1.29 is 24.5 Å². The summed E-state index contributed by atoms with van der Waals surface area (Å²) in [6.07, 6.45) is 65.9. The second kappa shape index (κ2) is 54.9. The number of amides is 1. The fraction of sp³-hybridized carbons (Fsp3) is 0.898. The first-order chi connectivity index (χ1) is 32.0. The van der Waals surface area contributed by atoms with Gasteiger partial charge < -0.3 is 20.3 Å². The number of carbonyl (C=O) groups is 2. The summed E-state index contributed by atoms with van der Waals surface area (Å²) < 4.78 is 5.45. The summed E-state index contributed by atoms with van der Waals surface area (Å²) in [6, 6.07) is -0.549. The smallest absolute Gasteiger partial charge is 0.305 e. The van der Waals surface area contributed by atoms with Gasteiger partial charge in [-0.15, -0.1) is 0 Å². The van der Waals surface area contributed by atoms with Gasteiger partial charge in [0.2, 0.25) is 5.91 Å². The van der Waals surface area contributed by atoms with Gasteiger partial charge in [0.1, 0.15) is 0 Å². The molecule has 0 spiro atoms. The highest BCUT2D eigenvalue weighted by Crippen LogP contribution is 2.17. The average molecular weight is 917 g/mol. The lowest BCUT2D eigenvalue weighted by Crippen LogP contribution is -2.45. The largest absolute Gasteiger partial charge is 0.466 e. The first-order valence-corrected chi connectivity index (χ1v) is 29.1. The van der Waals surface area contributed by atoms with Gasteiger partial charge in [-0.1, -0.05) is 250 Å². The number of nitrogens with one attached hydrogen (secondary N) is 1. The molecule has 0 bridgehead atoms. The van der Waals surface area contributed by atoms with Crippen LogP contribution in [0.15, 0.2) is 24.3 Å². The van der Waals surface area contributed by atoms with Gasteiger partial charge in [-0.3, -0.25) is 9.59 Å². The Kier molecular flexibility index (Phi) is 53.5. The third kappa shape index (κ3) is 51.6. The summed E-state index contributed by atoms with van der Waals surface area (Å²) in [6.45, 7) is 4.93. The lowest BCUT2D eigenvalue weighted by Gasteiger charge is -2.22. The molecule has 2 unspecified atom stereocenters. The van der Waals surface area contributed by atoms with E-state index in [0.717, 1.165) is 44.9 Å². The van der Waals surface area contributed by atoms with Crippen molar-refractivity contribution in [3.05, 3.63) is 24.3 Å². The van der Waals surface area contributed by atoms with Crippen LogP contribution >= 0.6 is 0 Å². The highest BCUT2D eigenvalue weighted by molar-refractivity contribution is 5.76. The van der Waals surface area contributed by atoms with Gasteiger partial charge in [0.05, 0.1) is 25.4 Å². The molecule has 6 nitrogen and oxygen atoms in total. The predicted molar refractivity (Wildman–Crippen MR) is 283 cm³/mol. The number of carbonyl (C=O) groups excluding carboxylic acids is 2. The molecule has 0 radical (unpaired) electrons. The van der Waals surface area contributed by atoms with E-state index >= 15 is 0 Å². The molecule has 384 valence electrons. The fourth-order valence-electron chi connectivity index (χ4n) is 8.98. The van der Waals surface area contributed by atoms with Crippen molar-refractivity contribution in [3.63, 3.8) is 0 Å². The van der Waals surface area contributed by atoms with E-state index in [-0.39, 0.29) is 18.5 Å². The molecule has 1 amide bonds. The van der Waals surface area contributed by atoms with Crippen molar-refractivity contribution in [1.29, 1.82) is 0 Å². The number of esters is 1. The van der Waals surface area contributed by atoms with E-state index in [0.29, 0.717) is 25.9 Å². The van der Waals surface area contributed by atoms with E-state index in [1.54, 1.807) is 0 Å².